The van der Waals surface area contributed by atoms with Crippen LogP contribution in [-0.4, -0.2) is 22.3 Å². The molecule has 1 aromatic carbocycles. The van der Waals surface area contributed by atoms with Gasteiger partial charge >= 0.3 is 0 Å². The summed E-state index contributed by atoms with van der Waals surface area (Å²) in [5.41, 5.74) is 0.811. The minimum atomic E-state index is 0.594. The molecule has 3 aromatic rings. The number of halogens is 1. The van der Waals surface area contributed by atoms with Crippen LogP contribution in [0.2, 0.25) is 5.02 Å². The van der Waals surface area contributed by atoms with E-state index in [0.717, 1.165) is 16.3 Å². The van der Waals surface area contributed by atoms with Gasteiger partial charge < -0.3 is 4.74 Å². The molecule has 0 amide bonds. The Bertz CT molecular complexity index is 694. The van der Waals surface area contributed by atoms with Crippen molar-refractivity contribution in [3.05, 3.63) is 40.7 Å². The lowest BCUT2D eigenvalue weighted by Crippen LogP contribution is -1.89. The zero-order valence-electron chi connectivity index (χ0n) is 10.1. The summed E-state index contributed by atoms with van der Waals surface area (Å²) in [5.74, 6) is 2.00. The average molecular weight is 292 g/mol. The molecule has 1 N–H and O–H groups in total. The van der Waals surface area contributed by atoms with Gasteiger partial charge in [-0.2, -0.15) is 5.10 Å². The molecule has 2 heterocycles. The van der Waals surface area contributed by atoms with E-state index in [1.165, 1.54) is 0 Å². The van der Waals surface area contributed by atoms with Gasteiger partial charge in [0.15, 0.2) is 11.6 Å². The smallest absolute Gasteiger partial charge is 0.185 e. The number of methoxy groups -OCH3 is 1. The molecule has 4 nitrogen and oxygen atoms in total. The Labute approximate surface area is 119 Å². The van der Waals surface area contributed by atoms with Crippen LogP contribution >= 0.6 is 22.9 Å². The molecule has 0 fully saturated rings. The van der Waals surface area contributed by atoms with Crippen molar-refractivity contribution in [2.45, 2.75) is 0 Å². The Morgan fingerprint density at radius 2 is 2.21 bits per heavy atom. The van der Waals surface area contributed by atoms with Crippen LogP contribution in [0.5, 0.6) is 5.75 Å². The summed E-state index contributed by atoms with van der Waals surface area (Å²) in [5, 5.41) is 9.78. The molecule has 0 spiro atoms. The van der Waals surface area contributed by atoms with Gasteiger partial charge in [0.25, 0.3) is 0 Å². The van der Waals surface area contributed by atoms with Crippen LogP contribution in [0, 0.1) is 0 Å². The van der Waals surface area contributed by atoms with Gasteiger partial charge in [-0.3, -0.25) is 5.10 Å². The third-order valence-electron chi connectivity index (χ3n) is 2.64. The highest BCUT2D eigenvalue weighted by Gasteiger charge is 2.13. The zero-order chi connectivity index (χ0) is 13.2. The zero-order valence-corrected chi connectivity index (χ0v) is 11.6. The molecule has 0 bridgehead atoms. The number of nitrogens with zero attached hydrogens (tertiary/aromatic N) is 2. The summed E-state index contributed by atoms with van der Waals surface area (Å²) >= 11 is 7.55. The molecule has 0 aliphatic rings. The SMILES string of the molecule is COc1cc(Cl)ccc1-c1n[nH]c(-c2cccs2)n1. The van der Waals surface area contributed by atoms with Gasteiger partial charge in [0.05, 0.1) is 17.6 Å². The van der Waals surface area contributed by atoms with Crippen molar-refractivity contribution < 1.29 is 4.74 Å². The normalized spacial score (nSPS) is 10.6. The van der Waals surface area contributed by atoms with Crippen molar-refractivity contribution in [1.82, 2.24) is 15.2 Å². The highest BCUT2D eigenvalue weighted by Crippen LogP contribution is 2.31. The number of H-pyrrole nitrogens is 1. The second-order valence-corrected chi connectivity index (χ2v) is 5.21. The lowest BCUT2D eigenvalue weighted by molar-refractivity contribution is 0.416. The molecule has 2 aromatic heterocycles. The van der Waals surface area contributed by atoms with E-state index < -0.39 is 0 Å². The maximum absolute atomic E-state index is 5.94. The average Bonchev–Trinajstić information content (AvgIpc) is 3.09. The molecule has 0 saturated heterocycles. The van der Waals surface area contributed by atoms with E-state index in [-0.39, 0.29) is 0 Å². The quantitative estimate of drug-likeness (QED) is 0.797. The standard InChI is InChI=1S/C13H10ClN3OS/c1-18-10-7-8(14)4-5-9(10)12-15-13(17-16-12)11-3-2-6-19-11/h2-7H,1H3,(H,15,16,17). The monoisotopic (exact) mass is 291 g/mol. The predicted molar refractivity (Wildman–Crippen MR) is 76.7 cm³/mol. The third kappa shape index (κ3) is 2.34. The molecule has 6 heteroatoms. The van der Waals surface area contributed by atoms with Crippen LogP contribution in [0.4, 0.5) is 0 Å². The van der Waals surface area contributed by atoms with Crippen molar-refractivity contribution >= 4 is 22.9 Å². The molecule has 0 atom stereocenters. The molecule has 96 valence electrons. The topological polar surface area (TPSA) is 50.8 Å². The second kappa shape index (κ2) is 5.03. The summed E-state index contributed by atoms with van der Waals surface area (Å²) < 4.78 is 5.30. The molecule has 0 radical (unpaired) electrons. The number of aromatic amines is 1. The molecule has 0 saturated carbocycles. The molecule has 19 heavy (non-hydrogen) atoms. The van der Waals surface area contributed by atoms with Crippen LogP contribution < -0.4 is 4.74 Å². The van der Waals surface area contributed by atoms with E-state index in [0.29, 0.717) is 16.6 Å². The third-order valence-corrected chi connectivity index (χ3v) is 3.76. The first-order valence-electron chi connectivity index (χ1n) is 5.58. The van der Waals surface area contributed by atoms with Crippen molar-refractivity contribution in [3.63, 3.8) is 0 Å². The minimum Gasteiger partial charge on any atom is -0.496 e. The van der Waals surface area contributed by atoms with Crippen LogP contribution in [0.15, 0.2) is 35.7 Å². The van der Waals surface area contributed by atoms with E-state index >= 15 is 0 Å². The fourth-order valence-corrected chi connectivity index (χ4v) is 2.58. The molecule has 0 aliphatic heterocycles. The van der Waals surface area contributed by atoms with Gasteiger partial charge in [-0.1, -0.05) is 17.7 Å². The maximum atomic E-state index is 5.94. The van der Waals surface area contributed by atoms with Crippen LogP contribution in [0.1, 0.15) is 0 Å². The number of hydrogen-bond donors (Lipinski definition) is 1. The first-order valence-corrected chi connectivity index (χ1v) is 6.84. The molecule has 0 aliphatic carbocycles. The first-order chi connectivity index (χ1) is 9.28. The Kier molecular flexibility index (Phi) is 3.23. The van der Waals surface area contributed by atoms with Gasteiger partial charge in [0.2, 0.25) is 0 Å². The predicted octanol–water partition coefficient (Wildman–Crippen LogP) is 3.86. The summed E-state index contributed by atoms with van der Waals surface area (Å²) in [7, 11) is 1.60. The second-order valence-electron chi connectivity index (χ2n) is 3.83. The number of aromatic nitrogens is 3. The molecular weight excluding hydrogens is 282 g/mol. The number of rotatable bonds is 3. The fourth-order valence-electron chi connectivity index (χ4n) is 1.76. The van der Waals surface area contributed by atoms with Crippen molar-refractivity contribution in [3.8, 4) is 27.8 Å². The highest BCUT2D eigenvalue weighted by atomic mass is 35.5. The lowest BCUT2D eigenvalue weighted by Gasteiger charge is -2.05. The Balaban J connectivity index is 2.03. The Hall–Kier alpha value is -1.85. The largest absolute Gasteiger partial charge is 0.496 e. The summed E-state index contributed by atoms with van der Waals surface area (Å²) in [6, 6.07) is 9.36. The highest BCUT2D eigenvalue weighted by molar-refractivity contribution is 7.13. The van der Waals surface area contributed by atoms with E-state index in [4.69, 9.17) is 16.3 Å². The van der Waals surface area contributed by atoms with Crippen molar-refractivity contribution in [1.29, 1.82) is 0 Å². The molecular formula is C13H10ClN3OS. The van der Waals surface area contributed by atoms with Gasteiger partial charge in [0, 0.05) is 5.02 Å². The van der Waals surface area contributed by atoms with Crippen LogP contribution in [-0.2, 0) is 0 Å². The van der Waals surface area contributed by atoms with E-state index in [1.54, 1.807) is 30.6 Å². The summed E-state index contributed by atoms with van der Waals surface area (Å²) in [4.78, 5) is 5.53. The van der Waals surface area contributed by atoms with E-state index in [9.17, 15) is 0 Å². The van der Waals surface area contributed by atoms with Gasteiger partial charge in [0.1, 0.15) is 5.75 Å². The van der Waals surface area contributed by atoms with Crippen LogP contribution in [0.3, 0.4) is 0 Å². The number of nitrogens with one attached hydrogen (secondary N) is 1. The fraction of sp³-hybridized carbons (Fsp3) is 0.0769. The number of thiophene rings is 1. The van der Waals surface area contributed by atoms with E-state index in [1.807, 2.05) is 23.6 Å². The molecule has 3 rings (SSSR count). The summed E-state index contributed by atoms with van der Waals surface area (Å²) in [6.07, 6.45) is 0. The summed E-state index contributed by atoms with van der Waals surface area (Å²) in [6.45, 7) is 0. The maximum Gasteiger partial charge on any atom is 0.185 e. The van der Waals surface area contributed by atoms with Crippen LogP contribution in [0.25, 0.3) is 22.1 Å². The Morgan fingerprint density at radius 1 is 1.32 bits per heavy atom. The van der Waals surface area contributed by atoms with Gasteiger partial charge in [-0.25, -0.2) is 4.98 Å². The van der Waals surface area contributed by atoms with Gasteiger partial charge in [-0.05, 0) is 29.6 Å². The first kappa shape index (κ1) is 12.2. The minimum absolute atomic E-state index is 0.594. The van der Waals surface area contributed by atoms with Gasteiger partial charge in [-0.15, -0.1) is 11.3 Å². The van der Waals surface area contributed by atoms with Crippen molar-refractivity contribution in [2.24, 2.45) is 0 Å². The lowest BCUT2D eigenvalue weighted by atomic mass is 10.2. The number of benzene rings is 1. The molecule has 0 unspecified atom stereocenters. The van der Waals surface area contributed by atoms with Crippen molar-refractivity contribution in [2.75, 3.05) is 7.11 Å². The number of ether oxygens (including phenoxy) is 1. The number of hydrogen-bond acceptors (Lipinski definition) is 4. The van der Waals surface area contributed by atoms with E-state index in [2.05, 4.69) is 15.2 Å². The Morgan fingerprint density at radius 3 is 2.95 bits per heavy atom.